The molecule has 114 valence electrons. The SMILES string of the molecule is CC(C)(C)c1nc2ccc(Cl)cn2c1C(N)c1cccnc1. The zero-order valence-corrected chi connectivity index (χ0v) is 13.7. The zero-order valence-electron chi connectivity index (χ0n) is 12.9. The van der Waals surface area contributed by atoms with E-state index in [1.54, 1.807) is 12.4 Å². The predicted molar refractivity (Wildman–Crippen MR) is 89.2 cm³/mol. The van der Waals surface area contributed by atoms with Gasteiger partial charge in [0.05, 0.1) is 22.5 Å². The van der Waals surface area contributed by atoms with Crippen LogP contribution in [0.2, 0.25) is 5.02 Å². The van der Waals surface area contributed by atoms with Crippen LogP contribution in [0.25, 0.3) is 5.65 Å². The van der Waals surface area contributed by atoms with E-state index in [0.717, 1.165) is 22.6 Å². The number of halogens is 1. The minimum Gasteiger partial charge on any atom is -0.319 e. The monoisotopic (exact) mass is 314 g/mol. The van der Waals surface area contributed by atoms with Gasteiger partial charge in [0.1, 0.15) is 5.65 Å². The van der Waals surface area contributed by atoms with E-state index in [9.17, 15) is 0 Å². The molecule has 0 fully saturated rings. The number of rotatable bonds is 2. The molecule has 0 saturated heterocycles. The van der Waals surface area contributed by atoms with Crippen LogP contribution in [0.4, 0.5) is 0 Å². The molecular formula is C17H19ClN4. The minimum absolute atomic E-state index is 0.117. The predicted octanol–water partition coefficient (Wildman–Crippen LogP) is 3.73. The van der Waals surface area contributed by atoms with Crippen molar-refractivity contribution in [3.8, 4) is 0 Å². The number of hydrogen-bond donors (Lipinski definition) is 1. The number of aromatic nitrogens is 3. The Morgan fingerprint density at radius 1 is 1.23 bits per heavy atom. The van der Waals surface area contributed by atoms with Crippen molar-refractivity contribution < 1.29 is 0 Å². The van der Waals surface area contributed by atoms with Crippen LogP contribution in [-0.4, -0.2) is 14.4 Å². The Labute approximate surface area is 135 Å². The average molecular weight is 315 g/mol. The number of nitrogens with two attached hydrogens (primary N) is 1. The van der Waals surface area contributed by atoms with E-state index in [2.05, 4.69) is 25.8 Å². The van der Waals surface area contributed by atoms with Gasteiger partial charge in [-0.25, -0.2) is 4.98 Å². The molecule has 4 nitrogen and oxygen atoms in total. The smallest absolute Gasteiger partial charge is 0.137 e. The highest BCUT2D eigenvalue weighted by Gasteiger charge is 2.28. The topological polar surface area (TPSA) is 56.2 Å². The summed E-state index contributed by atoms with van der Waals surface area (Å²) in [4.78, 5) is 8.94. The lowest BCUT2D eigenvalue weighted by Gasteiger charge is -2.21. The van der Waals surface area contributed by atoms with Crippen molar-refractivity contribution in [2.24, 2.45) is 5.73 Å². The maximum absolute atomic E-state index is 6.53. The van der Waals surface area contributed by atoms with Crippen LogP contribution >= 0.6 is 11.6 Å². The highest BCUT2D eigenvalue weighted by atomic mass is 35.5. The Kier molecular flexibility index (Phi) is 3.67. The molecule has 3 aromatic heterocycles. The fraction of sp³-hybridized carbons (Fsp3) is 0.294. The Morgan fingerprint density at radius 3 is 2.64 bits per heavy atom. The molecule has 0 aliphatic rings. The first-order valence-electron chi connectivity index (χ1n) is 7.21. The molecule has 0 saturated carbocycles. The van der Waals surface area contributed by atoms with Gasteiger partial charge in [0, 0.05) is 24.0 Å². The molecule has 3 aromatic rings. The van der Waals surface area contributed by atoms with Crippen LogP contribution in [0, 0.1) is 0 Å². The second-order valence-corrected chi connectivity index (χ2v) is 6.87. The van der Waals surface area contributed by atoms with Gasteiger partial charge in [-0.3, -0.25) is 4.98 Å². The molecule has 1 atom stereocenters. The maximum atomic E-state index is 6.53. The Bertz CT molecular complexity index is 803. The molecule has 0 amide bonds. The summed E-state index contributed by atoms with van der Waals surface area (Å²) in [6.45, 7) is 6.40. The number of imidazole rings is 1. The van der Waals surface area contributed by atoms with Gasteiger partial charge in [0.15, 0.2) is 0 Å². The summed E-state index contributed by atoms with van der Waals surface area (Å²) in [7, 11) is 0. The van der Waals surface area contributed by atoms with Crippen LogP contribution in [0.3, 0.4) is 0 Å². The molecule has 0 aliphatic heterocycles. The van der Waals surface area contributed by atoms with Gasteiger partial charge < -0.3 is 10.1 Å². The molecule has 0 bridgehead atoms. The average Bonchev–Trinajstić information content (AvgIpc) is 2.86. The third-order valence-electron chi connectivity index (χ3n) is 3.67. The van der Waals surface area contributed by atoms with Gasteiger partial charge in [-0.05, 0) is 23.8 Å². The maximum Gasteiger partial charge on any atom is 0.137 e. The van der Waals surface area contributed by atoms with E-state index in [-0.39, 0.29) is 11.5 Å². The summed E-state index contributed by atoms with van der Waals surface area (Å²) in [5, 5.41) is 0.657. The van der Waals surface area contributed by atoms with Crippen molar-refractivity contribution in [2.75, 3.05) is 0 Å². The largest absolute Gasteiger partial charge is 0.319 e. The lowest BCUT2D eigenvalue weighted by Crippen LogP contribution is -2.22. The molecule has 0 aromatic carbocycles. The Balaban J connectivity index is 2.28. The van der Waals surface area contributed by atoms with Crippen molar-refractivity contribution in [1.29, 1.82) is 0 Å². The minimum atomic E-state index is -0.309. The van der Waals surface area contributed by atoms with E-state index in [1.165, 1.54) is 0 Å². The van der Waals surface area contributed by atoms with E-state index in [4.69, 9.17) is 22.3 Å². The molecule has 5 heteroatoms. The molecule has 0 aliphatic carbocycles. The van der Waals surface area contributed by atoms with Gasteiger partial charge in [-0.2, -0.15) is 0 Å². The van der Waals surface area contributed by atoms with E-state index in [0.29, 0.717) is 5.02 Å². The van der Waals surface area contributed by atoms with Crippen molar-refractivity contribution in [3.63, 3.8) is 0 Å². The van der Waals surface area contributed by atoms with Crippen LogP contribution in [0.15, 0.2) is 42.9 Å². The van der Waals surface area contributed by atoms with Gasteiger partial charge in [0.25, 0.3) is 0 Å². The summed E-state index contributed by atoms with van der Waals surface area (Å²) >= 11 is 6.16. The Hall–Kier alpha value is -1.91. The van der Waals surface area contributed by atoms with Crippen molar-refractivity contribution >= 4 is 17.2 Å². The summed E-state index contributed by atoms with van der Waals surface area (Å²) in [6, 6.07) is 7.32. The highest BCUT2D eigenvalue weighted by Crippen LogP contribution is 2.32. The standard InChI is InChI=1S/C17H19ClN4/c1-17(2,3)16-15(14(19)11-5-4-8-20-9-11)22-10-12(18)6-7-13(22)21-16/h4-10,14H,19H2,1-3H3. The van der Waals surface area contributed by atoms with Gasteiger partial charge in [-0.1, -0.05) is 38.4 Å². The number of nitrogens with zero attached hydrogens (tertiary/aromatic N) is 3. The summed E-state index contributed by atoms with van der Waals surface area (Å²) in [5.41, 5.74) is 10.2. The first-order valence-corrected chi connectivity index (χ1v) is 7.59. The molecule has 22 heavy (non-hydrogen) atoms. The second kappa shape index (κ2) is 5.38. The van der Waals surface area contributed by atoms with E-state index in [1.807, 2.05) is 34.9 Å². The Morgan fingerprint density at radius 2 is 2.00 bits per heavy atom. The van der Waals surface area contributed by atoms with E-state index < -0.39 is 0 Å². The first kappa shape index (κ1) is 15.0. The van der Waals surface area contributed by atoms with Gasteiger partial charge in [0.2, 0.25) is 0 Å². The molecule has 1 unspecified atom stereocenters. The third kappa shape index (κ3) is 2.60. The summed E-state index contributed by atoms with van der Waals surface area (Å²) < 4.78 is 1.99. The number of fused-ring (bicyclic) bond motifs is 1. The lowest BCUT2D eigenvalue weighted by atomic mass is 9.88. The van der Waals surface area contributed by atoms with Crippen molar-refractivity contribution in [2.45, 2.75) is 32.2 Å². The third-order valence-corrected chi connectivity index (χ3v) is 3.89. The molecular weight excluding hydrogens is 296 g/mol. The second-order valence-electron chi connectivity index (χ2n) is 6.44. The molecule has 3 rings (SSSR count). The van der Waals surface area contributed by atoms with Crippen LogP contribution in [0.5, 0.6) is 0 Å². The van der Waals surface area contributed by atoms with Crippen molar-refractivity contribution in [1.82, 2.24) is 14.4 Å². The van der Waals surface area contributed by atoms with Gasteiger partial charge >= 0.3 is 0 Å². The van der Waals surface area contributed by atoms with Gasteiger partial charge in [-0.15, -0.1) is 0 Å². The fourth-order valence-corrected chi connectivity index (χ4v) is 2.76. The zero-order chi connectivity index (χ0) is 15.9. The summed E-state index contributed by atoms with van der Waals surface area (Å²) in [6.07, 6.45) is 5.40. The first-order chi connectivity index (χ1) is 10.4. The molecule has 2 N–H and O–H groups in total. The molecule has 3 heterocycles. The number of pyridine rings is 2. The van der Waals surface area contributed by atoms with Crippen LogP contribution in [-0.2, 0) is 5.41 Å². The normalized spacial score (nSPS) is 13.5. The fourth-order valence-electron chi connectivity index (χ4n) is 2.60. The molecule has 0 spiro atoms. The lowest BCUT2D eigenvalue weighted by molar-refractivity contribution is 0.558. The van der Waals surface area contributed by atoms with Crippen molar-refractivity contribution in [3.05, 3.63) is 64.8 Å². The number of hydrogen-bond acceptors (Lipinski definition) is 3. The van der Waals surface area contributed by atoms with Crippen LogP contribution < -0.4 is 5.73 Å². The highest BCUT2D eigenvalue weighted by molar-refractivity contribution is 6.30. The molecule has 0 radical (unpaired) electrons. The van der Waals surface area contributed by atoms with E-state index >= 15 is 0 Å². The quantitative estimate of drug-likeness (QED) is 0.784. The summed E-state index contributed by atoms with van der Waals surface area (Å²) in [5.74, 6) is 0. The van der Waals surface area contributed by atoms with Crippen LogP contribution in [0.1, 0.15) is 43.8 Å².